The van der Waals surface area contributed by atoms with E-state index in [0.717, 1.165) is 40.8 Å². The second kappa shape index (κ2) is 7.22. The van der Waals surface area contributed by atoms with Crippen LogP contribution in [-0.2, 0) is 4.74 Å². The van der Waals surface area contributed by atoms with Crippen molar-refractivity contribution in [1.29, 1.82) is 0 Å². The van der Waals surface area contributed by atoms with Crippen molar-refractivity contribution in [3.8, 4) is 11.4 Å². The number of H-pyrrole nitrogens is 1. The van der Waals surface area contributed by atoms with E-state index in [1.54, 1.807) is 17.4 Å². The van der Waals surface area contributed by atoms with Gasteiger partial charge in [0.05, 0.1) is 11.2 Å². The summed E-state index contributed by atoms with van der Waals surface area (Å²) >= 11 is 0. The maximum absolute atomic E-state index is 12.3. The Bertz CT molecular complexity index is 970. The molecule has 7 nitrogen and oxygen atoms in total. The number of amides is 1. The first-order valence-electron chi connectivity index (χ1n) is 9.63. The van der Waals surface area contributed by atoms with Crippen molar-refractivity contribution in [1.82, 2.24) is 24.8 Å². The molecule has 3 heterocycles. The zero-order valence-corrected chi connectivity index (χ0v) is 16.5. The van der Waals surface area contributed by atoms with E-state index in [9.17, 15) is 4.79 Å². The Morgan fingerprint density at radius 2 is 1.96 bits per heavy atom. The Labute approximate surface area is 164 Å². The lowest BCUT2D eigenvalue weighted by atomic mass is 9.91. The molecule has 146 valence electrons. The fraction of sp³-hybridized carbons (Fsp3) is 0.429. The highest BCUT2D eigenvalue weighted by atomic mass is 16.6. The number of benzene rings is 1. The van der Waals surface area contributed by atoms with Gasteiger partial charge >= 0.3 is 6.09 Å². The number of carbonyl (C=O) groups excluding carboxylic acids is 1. The van der Waals surface area contributed by atoms with Crippen LogP contribution in [0, 0.1) is 0 Å². The molecule has 1 aliphatic heterocycles. The quantitative estimate of drug-likeness (QED) is 0.723. The summed E-state index contributed by atoms with van der Waals surface area (Å²) in [6, 6.07) is 6.15. The summed E-state index contributed by atoms with van der Waals surface area (Å²) in [6.07, 6.45) is 6.68. The normalized spacial score (nSPS) is 15.8. The molecule has 0 radical (unpaired) electrons. The zero-order valence-electron chi connectivity index (χ0n) is 16.5. The summed E-state index contributed by atoms with van der Waals surface area (Å²) in [6.45, 7) is 7.02. The molecule has 0 spiro atoms. The first-order chi connectivity index (χ1) is 13.4. The van der Waals surface area contributed by atoms with Gasteiger partial charge in [-0.1, -0.05) is 12.1 Å². The van der Waals surface area contributed by atoms with Crippen LogP contribution in [0.1, 0.15) is 45.2 Å². The van der Waals surface area contributed by atoms with Crippen molar-refractivity contribution in [3.63, 3.8) is 0 Å². The van der Waals surface area contributed by atoms with Crippen molar-refractivity contribution >= 4 is 17.0 Å². The number of nitrogens with one attached hydrogen (secondary N) is 1. The van der Waals surface area contributed by atoms with Crippen molar-refractivity contribution in [2.75, 3.05) is 13.1 Å². The molecule has 0 saturated carbocycles. The lowest BCUT2D eigenvalue weighted by Gasteiger charge is -2.33. The third-order valence-corrected chi connectivity index (χ3v) is 4.97. The monoisotopic (exact) mass is 379 g/mol. The van der Waals surface area contributed by atoms with Crippen LogP contribution in [0.5, 0.6) is 0 Å². The maximum Gasteiger partial charge on any atom is 0.410 e. The topological polar surface area (TPSA) is 84.0 Å². The van der Waals surface area contributed by atoms with Crippen LogP contribution in [0.25, 0.3) is 22.3 Å². The van der Waals surface area contributed by atoms with Crippen LogP contribution < -0.4 is 0 Å². The standard InChI is InChI=1S/C21H25N5O2/c1-21(2,3)28-20(27)26-10-6-14(7-11-26)18-16-5-4-15(19-22-8-9-23-19)12-17(16)24-13-25-18/h4-5,8-9,12-14H,6-7,10-11H2,1-3H3,(H,22,23). The van der Waals surface area contributed by atoms with Gasteiger partial charge in [-0.15, -0.1) is 0 Å². The number of hydrogen-bond acceptors (Lipinski definition) is 5. The summed E-state index contributed by atoms with van der Waals surface area (Å²) in [5.74, 6) is 1.13. The molecule has 0 atom stereocenters. The molecular formula is C21H25N5O2. The van der Waals surface area contributed by atoms with E-state index >= 15 is 0 Å². The number of fused-ring (bicyclic) bond motifs is 1. The Morgan fingerprint density at radius 1 is 1.18 bits per heavy atom. The number of carbonyl (C=O) groups is 1. The Balaban J connectivity index is 1.52. The minimum absolute atomic E-state index is 0.235. The van der Waals surface area contributed by atoms with Crippen LogP contribution in [0.2, 0.25) is 0 Å². The largest absolute Gasteiger partial charge is 0.444 e. The number of rotatable bonds is 2. The van der Waals surface area contributed by atoms with Gasteiger partial charge in [0.1, 0.15) is 17.8 Å². The number of imidazole rings is 1. The second-order valence-corrected chi connectivity index (χ2v) is 8.17. The molecule has 1 aliphatic rings. The number of aromatic amines is 1. The molecule has 0 bridgehead atoms. The zero-order chi connectivity index (χ0) is 19.7. The van der Waals surface area contributed by atoms with E-state index in [0.29, 0.717) is 19.0 Å². The number of nitrogens with zero attached hydrogens (tertiary/aromatic N) is 4. The van der Waals surface area contributed by atoms with Crippen LogP contribution in [-0.4, -0.2) is 49.6 Å². The smallest absolute Gasteiger partial charge is 0.410 e. The molecule has 1 amide bonds. The molecule has 4 rings (SSSR count). The summed E-state index contributed by atoms with van der Waals surface area (Å²) in [5.41, 5.74) is 2.50. The van der Waals surface area contributed by atoms with E-state index in [4.69, 9.17) is 4.74 Å². The van der Waals surface area contributed by atoms with Gasteiger partial charge in [0.25, 0.3) is 0 Å². The molecule has 0 aliphatic carbocycles. The van der Waals surface area contributed by atoms with Crippen molar-refractivity contribution < 1.29 is 9.53 Å². The minimum Gasteiger partial charge on any atom is -0.444 e. The van der Waals surface area contributed by atoms with Crippen LogP contribution in [0.4, 0.5) is 4.79 Å². The lowest BCUT2D eigenvalue weighted by molar-refractivity contribution is 0.0204. The molecule has 1 N–H and O–H groups in total. The first-order valence-corrected chi connectivity index (χ1v) is 9.63. The molecule has 7 heteroatoms. The van der Waals surface area contributed by atoms with Crippen molar-refractivity contribution in [2.45, 2.75) is 45.1 Å². The predicted octanol–water partition coefficient (Wildman–Crippen LogP) is 4.13. The highest BCUT2D eigenvalue weighted by Crippen LogP contribution is 2.32. The Morgan fingerprint density at radius 3 is 2.64 bits per heavy atom. The molecule has 28 heavy (non-hydrogen) atoms. The number of likely N-dealkylation sites (tertiary alicyclic amines) is 1. The highest BCUT2D eigenvalue weighted by Gasteiger charge is 2.28. The predicted molar refractivity (Wildman–Crippen MR) is 107 cm³/mol. The molecule has 1 aromatic carbocycles. The van der Waals surface area contributed by atoms with Gasteiger partial charge in [-0.05, 0) is 39.7 Å². The van der Waals surface area contributed by atoms with E-state index in [1.165, 1.54) is 0 Å². The van der Waals surface area contributed by atoms with Gasteiger partial charge < -0.3 is 14.6 Å². The first kappa shape index (κ1) is 18.4. The Kier molecular flexibility index (Phi) is 4.75. The van der Waals surface area contributed by atoms with E-state index in [2.05, 4.69) is 26.0 Å². The molecule has 3 aromatic rings. The van der Waals surface area contributed by atoms with Gasteiger partial charge in [0.2, 0.25) is 0 Å². The van der Waals surface area contributed by atoms with E-state index in [-0.39, 0.29) is 6.09 Å². The summed E-state index contributed by atoms with van der Waals surface area (Å²) in [7, 11) is 0. The summed E-state index contributed by atoms with van der Waals surface area (Å²) < 4.78 is 5.49. The fourth-order valence-corrected chi connectivity index (χ4v) is 3.64. The van der Waals surface area contributed by atoms with Crippen LogP contribution in [0.3, 0.4) is 0 Å². The number of ether oxygens (including phenoxy) is 1. The average molecular weight is 379 g/mol. The summed E-state index contributed by atoms with van der Waals surface area (Å²) in [4.78, 5) is 30.5. The third kappa shape index (κ3) is 3.83. The SMILES string of the molecule is CC(C)(C)OC(=O)N1CCC(c2ncnc3cc(-c4ncc[nH]4)ccc23)CC1. The number of hydrogen-bond donors (Lipinski definition) is 1. The van der Waals surface area contributed by atoms with Gasteiger partial charge in [-0.3, -0.25) is 0 Å². The minimum atomic E-state index is -0.470. The molecule has 2 aromatic heterocycles. The molecule has 1 fully saturated rings. The number of piperidine rings is 1. The summed E-state index contributed by atoms with van der Waals surface area (Å²) in [5, 5.41) is 1.06. The fourth-order valence-electron chi connectivity index (χ4n) is 3.64. The third-order valence-electron chi connectivity index (χ3n) is 4.97. The number of aromatic nitrogens is 4. The highest BCUT2D eigenvalue weighted by molar-refractivity contribution is 5.85. The lowest BCUT2D eigenvalue weighted by Crippen LogP contribution is -2.41. The average Bonchev–Trinajstić information content (AvgIpc) is 3.21. The molecular weight excluding hydrogens is 354 g/mol. The van der Waals surface area contributed by atoms with Crippen LogP contribution >= 0.6 is 0 Å². The molecule has 1 saturated heterocycles. The van der Waals surface area contributed by atoms with Gasteiger partial charge in [-0.25, -0.2) is 19.7 Å². The molecule has 0 unspecified atom stereocenters. The second-order valence-electron chi connectivity index (χ2n) is 8.17. The van der Waals surface area contributed by atoms with Crippen molar-refractivity contribution in [3.05, 3.63) is 42.6 Å². The van der Waals surface area contributed by atoms with Crippen LogP contribution in [0.15, 0.2) is 36.9 Å². The van der Waals surface area contributed by atoms with Gasteiger partial charge in [0, 0.05) is 42.4 Å². The van der Waals surface area contributed by atoms with Crippen molar-refractivity contribution in [2.24, 2.45) is 0 Å². The van der Waals surface area contributed by atoms with E-state index < -0.39 is 5.60 Å². The van der Waals surface area contributed by atoms with Gasteiger partial charge in [0.15, 0.2) is 0 Å². The maximum atomic E-state index is 12.3. The van der Waals surface area contributed by atoms with Gasteiger partial charge in [-0.2, -0.15) is 0 Å². The Hall–Kier alpha value is -2.96. The van der Waals surface area contributed by atoms with E-state index in [1.807, 2.05) is 39.1 Å².